The SMILES string of the molecule is CCN(CC)C(=O)COc1ccc(C(=O)CN2Cc3cc(C(N)=S)ccc3C2=O)cc1. The minimum Gasteiger partial charge on any atom is -0.484 e. The first kappa shape index (κ1) is 22.4. The third-order valence-electron chi connectivity index (χ3n) is 5.26. The molecule has 1 aliphatic heterocycles. The highest BCUT2D eigenvalue weighted by molar-refractivity contribution is 7.80. The number of ketones is 1. The quantitative estimate of drug-likeness (QED) is 0.476. The number of fused-ring (bicyclic) bond motifs is 1. The lowest BCUT2D eigenvalue weighted by Crippen LogP contribution is -2.34. The van der Waals surface area contributed by atoms with E-state index in [4.69, 9.17) is 22.7 Å². The average molecular weight is 440 g/mol. The van der Waals surface area contributed by atoms with Gasteiger partial charge in [0.25, 0.3) is 11.8 Å². The van der Waals surface area contributed by atoms with E-state index in [1.165, 1.54) is 4.90 Å². The number of thiocarbonyl (C=S) groups is 1. The fourth-order valence-corrected chi connectivity index (χ4v) is 3.60. The summed E-state index contributed by atoms with van der Waals surface area (Å²) in [5, 5.41) is 0. The van der Waals surface area contributed by atoms with Crippen LogP contribution in [0.2, 0.25) is 0 Å². The molecule has 0 saturated carbocycles. The van der Waals surface area contributed by atoms with Crippen molar-refractivity contribution in [2.75, 3.05) is 26.2 Å². The van der Waals surface area contributed by atoms with Gasteiger partial charge in [-0.3, -0.25) is 14.4 Å². The van der Waals surface area contributed by atoms with Gasteiger partial charge in [0.05, 0.1) is 6.54 Å². The molecule has 2 aromatic carbocycles. The number of nitrogens with two attached hydrogens (primary N) is 1. The van der Waals surface area contributed by atoms with E-state index in [0.717, 1.165) is 5.56 Å². The predicted molar refractivity (Wildman–Crippen MR) is 121 cm³/mol. The number of Topliss-reactive ketones (excluding diaryl/α,β-unsaturated/α-hetero) is 1. The molecular formula is C23H25N3O4S. The molecule has 31 heavy (non-hydrogen) atoms. The molecule has 2 aromatic rings. The van der Waals surface area contributed by atoms with Crippen molar-refractivity contribution in [2.45, 2.75) is 20.4 Å². The Hall–Kier alpha value is -3.26. The lowest BCUT2D eigenvalue weighted by molar-refractivity contribution is -0.132. The van der Waals surface area contributed by atoms with Gasteiger partial charge in [-0.1, -0.05) is 18.3 Å². The number of amides is 2. The first-order valence-corrected chi connectivity index (χ1v) is 10.5. The van der Waals surface area contributed by atoms with Gasteiger partial charge in [-0.05, 0) is 55.8 Å². The van der Waals surface area contributed by atoms with Gasteiger partial charge in [0.1, 0.15) is 10.7 Å². The number of likely N-dealkylation sites (N-methyl/N-ethyl adjacent to an activating group) is 1. The molecule has 0 aliphatic carbocycles. The minimum atomic E-state index is -0.187. The lowest BCUT2D eigenvalue weighted by Gasteiger charge is -2.18. The molecule has 162 valence electrons. The van der Waals surface area contributed by atoms with Gasteiger partial charge in [-0.2, -0.15) is 0 Å². The second-order valence-electron chi connectivity index (χ2n) is 7.20. The van der Waals surface area contributed by atoms with E-state index in [1.807, 2.05) is 13.8 Å². The standard InChI is InChI=1S/C23H25N3O4S/c1-3-25(4-2)21(28)14-30-18-8-5-15(6-9-18)20(27)13-26-12-17-11-16(22(24)31)7-10-19(17)23(26)29/h5-11H,3-4,12-14H2,1-2H3,(H2,24,31). The highest BCUT2D eigenvalue weighted by Gasteiger charge is 2.29. The van der Waals surface area contributed by atoms with Crippen LogP contribution in [0.15, 0.2) is 42.5 Å². The minimum absolute atomic E-state index is 0.0312. The van der Waals surface area contributed by atoms with Crippen molar-refractivity contribution in [2.24, 2.45) is 5.73 Å². The monoisotopic (exact) mass is 439 g/mol. The summed E-state index contributed by atoms with van der Waals surface area (Å²) in [4.78, 5) is 40.8. The molecule has 3 rings (SSSR count). The normalized spacial score (nSPS) is 12.5. The summed E-state index contributed by atoms with van der Waals surface area (Å²) in [6, 6.07) is 11.8. The fraction of sp³-hybridized carbons (Fsp3) is 0.304. The van der Waals surface area contributed by atoms with Crippen LogP contribution in [0.1, 0.15) is 45.7 Å². The molecule has 7 nitrogen and oxygen atoms in total. The molecule has 0 spiro atoms. The Balaban J connectivity index is 1.59. The van der Waals surface area contributed by atoms with E-state index in [-0.39, 0.29) is 35.7 Å². The Morgan fingerprint density at radius 2 is 1.74 bits per heavy atom. The van der Waals surface area contributed by atoms with Gasteiger partial charge in [0.15, 0.2) is 12.4 Å². The van der Waals surface area contributed by atoms with Crippen LogP contribution in [0.3, 0.4) is 0 Å². The molecule has 0 radical (unpaired) electrons. The zero-order valence-corrected chi connectivity index (χ0v) is 18.4. The van der Waals surface area contributed by atoms with Crippen molar-refractivity contribution in [1.29, 1.82) is 0 Å². The van der Waals surface area contributed by atoms with Crippen LogP contribution in [-0.4, -0.2) is 58.6 Å². The van der Waals surface area contributed by atoms with E-state index >= 15 is 0 Å². The summed E-state index contributed by atoms with van der Waals surface area (Å²) >= 11 is 4.99. The second kappa shape index (κ2) is 9.70. The number of hydrogen-bond acceptors (Lipinski definition) is 5. The smallest absolute Gasteiger partial charge is 0.260 e. The fourth-order valence-electron chi connectivity index (χ4n) is 3.48. The summed E-state index contributed by atoms with van der Waals surface area (Å²) in [6.07, 6.45) is 0. The molecule has 0 atom stereocenters. The molecule has 1 heterocycles. The highest BCUT2D eigenvalue weighted by atomic mass is 32.1. The largest absolute Gasteiger partial charge is 0.484 e. The number of carbonyl (C=O) groups is 3. The van der Waals surface area contributed by atoms with Gasteiger partial charge < -0.3 is 20.3 Å². The molecular weight excluding hydrogens is 414 g/mol. The van der Waals surface area contributed by atoms with E-state index in [2.05, 4.69) is 0 Å². The summed E-state index contributed by atoms with van der Waals surface area (Å²) < 4.78 is 5.52. The first-order valence-electron chi connectivity index (χ1n) is 10.1. The maximum absolute atomic E-state index is 12.7. The first-order chi connectivity index (χ1) is 14.8. The number of hydrogen-bond donors (Lipinski definition) is 1. The topological polar surface area (TPSA) is 92.9 Å². The third kappa shape index (κ3) is 5.08. The van der Waals surface area contributed by atoms with Gasteiger partial charge >= 0.3 is 0 Å². The van der Waals surface area contributed by atoms with Crippen molar-refractivity contribution >= 4 is 34.8 Å². The third-order valence-corrected chi connectivity index (χ3v) is 5.49. The molecule has 0 aromatic heterocycles. The van der Waals surface area contributed by atoms with E-state index in [9.17, 15) is 14.4 Å². The molecule has 0 unspecified atom stereocenters. The van der Waals surface area contributed by atoms with Crippen LogP contribution in [0.5, 0.6) is 5.75 Å². The Morgan fingerprint density at radius 1 is 1.10 bits per heavy atom. The van der Waals surface area contributed by atoms with Crippen LogP contribution in [0.25, 0.3) is 0 Å². The maximum atomic E-state index is 12.7. The maximum Gasteiger partial charge on any atom is 0.260 e. The van der Waals surface area contributed by atoms with Gasteiger partial charge in [0, 0.05) is 36.3 Å². The second-order valence-corrected chi connectivity index (χ2v) is 7.64. The van der Waals surface area contributed by atoms with Crippen molar-refractivity contribution in [3.8, 4) is 5.75 Å². The molecule has 1 aliphatic rings. The number of nitrogens with zero attached hydrogens (tertiary/aromatic N) is 2. The van der Waals surface area contributed by atoms with Crippen LogP contribution in [0, 0.1) is 0 Å². The lowest BCUT2D eigenvalue weighted by atomic mass is 10.1. The van der Waals surface area contributed by atoms with Crippen molar-refractivity contribution in [3.63, 3.8) is 0 Å². The zero-order valence-electron chi connectivity index (χ0n) is 17.6. The molecule has 0 fully saturated rings. The summed E-state index contributed by atoms with van der Waals surface area (Å²) in [6.45, 7) is 5.34. The van der Waals surface area contributed by atoms with Crippen LogP contribution in [-0.2, 0) is 11.3 Å². The molecule has 8 heteroatoms. The van der Waals surface area contributed by atoms with Crippen LogP contribution < -0.4 is 10.5 Å². The van der Waals surface area contributed by atoms with E-state index in [1.54, 1.807) is 47.4 Å². The van der Waals surface area contributed by atoms with Crippen LogP contribution in [0.4, 0.5) is 0 Å². The molecule has 2 N–H and O–H groups in total. The van der Waals surface area contributed by atoms with Gasteiger partial charge in [-0.25, -0.2) is 0 Å². The van der Waals surface area contributed by atoms with Crippen molar-refractivity contribution in [3.05, 3.63) is 64.7 Å². The Kier molecular flexibility index (Phi) is 7.02. The number of benzene rings is 2. The van der Waals surface area contributed by atoms with E-state index in [0.29, 0.717) is 42.1 Å². The zero-order chi connectivity index (χ0) is 22.5. The van der Waals surface area contributed by atoms with Gasteiger partial charge in [-0.15, -0.1) is 0 Å². The summed E-state index contributed by atoms with van der Waals surface area (Å²) in [5.41, 5.74) is 8.20. The molecule has 2 amide bonds. The average Bonchev–Trinajstić information content (AvgIpc) is 3.08. The van der Waals surface area contributed by atoms with Gasteiger partial charge in [0.2, 0.25) is 0 Å². The summed E-state index contributed by atoms with van der Waals surface area (Å²) in [7, 11) is 0. The number of carbonyl (C=O) groups excluding carboxylic acids is 3. The van der Waals surface area contributed by atoms with E-state index < -0.39 is 0 Å². The number of ether oxygens (including phenoxy) is 1. The van der Waals surface area contributed by atoms with Crippen molar-refractivity contribution in [1.82, 2.24) is 9.80 Å². The molecule has 0 bridgehead atoms. The predicted octanol–water partition coefficient (Wildman–Crippen LogP) is 2.41. The molecule has 0 saturated heterocycles. The Bertz CT molecular complexity index is 1020. The highest BCUT2D eigenvalue weighted by Crippen LogP contribution is 2.24. The number of rotatable bonds is 9. The Labute approximate surface area is 186 Å². The van der Waals surface area contributed by atoms with Crippen LogP contribution >= 0.6 is 12.2 Å². The summed E-state index contributed by atoms with van der Waals surface area (Å²) in [5.74, 6) is 0.0528. The van der Waals surface area contributed by atoms with Crippen molar-refractivity contribution < 1.29 is 19.1 Å². The Morgan fingerprint density at radius 3 is 2.35 bits per heavy atom.